The third-order valence-corrected chi connectivity index (χ3v) is 6.09. The lowest BCUT2D eigenvalue weighted by molar-refractivity contribution is -0.858. The standard InChI is InChI=1S/C19H27N3O5S/c1-6-26-14(23)10-22-16(24)15-12-9-19(2,3)27-11-13(12)28-17(15)21(18(22)25)8-7-20(4)5/h6-11H2,1-5H3/p+1. The van der Waals surface area contributed by atoms with Crippen LogP contribution in [0.4, 0.5) is 0 Å². The summed E-state index contributed by atoms with van der Waals surface area (Å²) in [5, 5.41) is 0.536. The average molecular weight is 411 g/mol. The molecule has 0 spiro atoms. The molecular weight excluding hydrogens is 382 g/mol. The largest absolute Gasteiger partial charge is 0.465 e. The van der Waals surface area contributed by atoms with Crippen molar-refractivity contribution < 1.29 is 19.2 Å². The zero-order chi connectivity index (χ0) is 20.6. The lowest BCUT2D eigenvalue weighted by Crippen LogP contribution is -3.06. The Morgan fingerprint density at radius 3 is 2.64 bits per heavy atom. The van der Waals surface area contributed by atoms with Gasteiger partial charge in [0.05, 0.1) is 51.4 Å². The summed E-state index contributed by atoms with van der Waals surface area (Å²) in [5.74, 6) is -0.585. The molecule has 3 heterocycles. The Balaban J connectivity index is 2.24. The maximum Gasteiger partial charge on any atom is 0.332 e. The van der Waals surface area contributed by atoms with Crippen molar-refractivity contribution in [2.75, 3.05) is 27.2 Å². The summed E-state index contributed by atoms with van der Waals surface area (Å²) in [6.07, 6.45) is 0.591. The highest BCUT2D eigenvalue weighted by molar-refractivity contribution is 7.18. The summed E-state index contributed by atoms with van der Waals surface area (Å²) in [4.78, 5) is 41.2. The quantitative estimate of drug-likeness (QED) is 0.666. The zero-order valence-electron chi connectivity index (χ0n) is 17.1. The number of quaternary nitrogens is 1. The minimum atomic E-state index is -0.585. The molecule has 9 heteroatoms. The minimum Gasteiger partial charge on any atom is -0.465 e. The number of ether oxygens (including phenoxy) is 2. The van der Waals surface area contributed by atoms with Gasteiger partial charge in [0, 0.05) is 11.3 Å². The lowest BCUT2D eigenvalue weighted by Gasteiger charge is -2.29. The van der Waals surface area contributed by atoms with Crippen molar-refractivity contribution >= 4 is 27.5 Å². The molecule has 1 aliphatic heterocycles. The maximum atomic E-state index is 13.2. The molecule has 0 amide bonds. The molecule has 3 rings (SSSR count). The topological polar surface area (TPSA) is 84.0 Å². The van der Waals surface area contributed by atoms with E-state index in [-0.39, 0.29) is 18.8 Å². The lowest BCUT2D eigenvalue weighted by atomic mass is 9.94. The summed E-state index contributed by atoms with van der Waals surface area (Å²) >= 11 is 1.44. The normalized spacial score (nSPS) is 15.8. The first-order chi connectivity index (χ1) is 13.1. The molecule has 0 aliphatic carbocycles. The highest BCUT2D eigenvalue weighted by Gasteiger charge is 2.32. The van der Waals surface area contributed by atoms with Gasteiger partial charge in [0.25, 0.3) is 5.56 Å². The number of hydrogen-bond acceptors (Lipinski definition) is 6. The number of carbonyl (C=O) groups excluding carboxylic acids is 1. The molecule has 0 saturated carbocycles. The van der Waals surface area contributed by atoms with Crippen LogP contribution in [0.2, 0.25) is 0 Å². The van der Waals surface area contributed by atoms with E-state index in [1.807, 2.05) is 27.9 Å². The predicted octanol–water partition coefficient (Wildman–Crippen LogP) is -0.216. The predicted molar refractivity (Wildman–Crippen MR) is 107 cm³/mol. The number of thiophene rings is 1. The summed E-state index contributed by atoms with van der Waals surface area (Å²) in [7, 11) is 4.01. The van der Waals surface area contributed by atoms with Crippen molar-refractivity contribution in [2.24, 2.45) is 0 Å². The first-order valence-corrected chi connectivity index (χ1v) is 10.3. The maximum absolute atomic E-state index is 13.2. The number of fused-ring (bicyclic) bond motifs is 3. The van der Waals surface area contributed by atoms with E-state index in [9.17, 15) is 14.4 Å². The highest BCUT2D eigenvalue weighted by atomic mass is 32.1. The summed E-state index contributed by atoms with van der Waals surface area (Å²) in [6.45, 7) is 7.10. The van der Waals surface area contributed by atoms with Crippen LogP contribution in [0.3, 0.4) is 0 Å². The monoisotopic (exact) mass is 410 g/mol. The Bertz CT molecular complexity index is 1020. The van der Waals surface area contributed by atoms with Crippen LogP contribution in [-0.2, 0) is 40.4 Å². The molecule has 0 unspecified atom stereocenters. The van der Waals surface area contributed by atoms with Gasteiger partial charge in [0.1, 0.15) is 11.4 Å². The van der Waals surface area contributed by atoms with Gasteiger partial charge < -0.3 is 14.4 Å². The van der Waals surface area contributed by atoms with Crippen molar-refractivity contribution in [3.63, 3.8) is 0 Å². The molecule has 0 radical (unpaired) electrons. The molecular formula is C19H28N3O5S+. The number of nitrogens with zero attached hydrogens (tertiary/aromatic N) is 2. The van der Waals surface area contributed by atoms with Gasteiger partial charge in [-0.2, -0.15) is 0 Å². The number of esters is 1. The number of aromatic nitrogens is 2. The van der Waals surface area contributed by atoms with E-state index < -0.39 is 17.2 Å². The molecule has 2 aromatic rings. The van der Waals surface area contributed by atoms with E-state index in [0.717, 1.165) is 21.6 Å². The summed E-state index contributed by atoms with van der Waals surface area (Å²) < 4.78 is 13.5. The Morgan fingerprint density at radius 1 is 1.29 bits per heavy atom. The molecule has 0 fully saturated rings. The molecule has 8 nitrogen and oxygen atoms in total. The van der Waals surface area contributed by atoms with Gasteiger partial charge in [-0.3, -0.25) is 14.2 Å². The second-order valence-corrected chi connectivity index (χ2v) is 9.08. The molecule has 1 N–H and O–H groups in total. The van der Waals surface area contributed by atoms with Crippen molar-refractivity contribution in [1.29, 1.82) is 0 Å². The molecule has 1 aliphatic rings. The third-order valence-electron chi connectivity index (χ3n) is 4.86. The van der Waals surface area contributed by atoms with Crippen LogP contribution in [-0.4, -0.2) is 48.0 Å². The van der Waals surface area contributed by atoms with Crippen LogP contribution in [0.15, 0.2) is 9.59 Å². The van der Waals surface area contributed by atoms with Gasteiger partial charge >= 0.3 is 11.7 Å². The van der Waals surface area contributed by atoms with Crippen LogP contribution in [0.1, 0.15) is 31.2 Å². The molecule has 154 valence electrons. The fourth-order valence-electron chi connectivity index (χ4n) is 3.41. The van der Waals surface area contributed by atoms with Gasteiger partial charge in [-0.15, -0.1) is 11.3 Å². The molecule has 0 bridgehead atoms. The van der Waals surface area contributed by atoms with E-state index in [0.29, 0.717) is 29.8 Å². The van der Waals surface area contributed by atoms with Gasteiger partial charge in [0.2, 0.25) is 0 Å². The number of carbonyl (C=O) groups is 1. The Kier molecular flexibility index (Phi) is 5.79. The molecule has 0 atom stereocenters. The van der Waals surface area contributed by atoms with E-state index in [1.165, 1.54) is 16.2 Å². The van der Waals surface area contributed by atoms with Gasteiger partial charge in [-0.05, 0) is 26.3 Å². The minimum absolute atomic E-state index is 0.202. The number of rotatable bonds is 6. The highest BCUT2D eigenvalue weighted by Crippen LogP contribution is 2.37. The summed E-state index contributed by atoms with van der Waals surface area (Å²) in [5.41, 5.74) is -0.333. The van der Waals surface area contributed by atoms with Crippen LogP contribution < -0.4 is 16.1 Å². The third kappa shape index (κ3) is 3.92. The smallest absolute Gasteiger partial charge is 0.332 e. The fraction of sp³-hybridized carbons (Fsp3) is 0.632. The Morgan fingerprint density at radius 2 is 2.00 bits per heavy atom. The number of likely N-dealkylation sites (N-methyl/N-ethyl adjacent to an activating group) is 1. The van der Waals surface area contributed by atoms with E-state index >= 15 is 0 Å². The Labute approximate surface area is 167 Å². The zero-order valence-corrected chi connectivity index (χ0v) is 17.9. The molecule has 28 heavy (non-hydrogen) atoms. The molecule has 0 aromatic carbocycles. The van der Waals surface area contributed by atoms with Crippen LogP contribution in [0, 0.1) is 0 Å². The van der Waals surface area contributed by atoms with E-state index in [1.54, 1.807) is 11.5 Å². The second kappa shape index (κ2) is 7.81. The van der Waals surface area contributed by atoms with Crippen molar-refractivity contribution in [2.45, 2.75) is 52.5 Å². The number of hydrogen-bond donors (Lipinski definition) is 1. The second-order valence-electron chi connectivity index (χ2n) is 8.00. The SMILES string of the molecule is CCOC(=O)Cn1c(=O)c2c3c(sc2n(CC[NH+](C)C)c1=O)COC(C)(C)C3. The summed E-state index contributed by atoms with van der Waals surface area (Å²) in [6, 6.07) is 0. The van der Waals surface area contributed by atoms with E-state index in [2.05, 4.69) is 0 Å². The first-order valence-electron chi connectivity index (χ1n) is 9.51. The number of nitrogens with one attached hydrogen (secondary N) is 1. The Hall–Kier alpha value is -1.97. The van der Waals surface area contributed by atoms with Crippen molar-refractivity contribution in [3.05, 3.63) is 31.3 Å². The van der Waals surface area contributed by atoms with Crippen LogP contribution in [0.5, 0.6) is 0 Å². The van der Waals surface area contributed by atoms with Gasteiger partial charge in [-0.1, -0.05) is 0 Å². The fourth-order valence-corrected chi connectivity index (χ4v) is 4.65. The first kappa shape index (κ1) is 20.8. The van der Waals surface area contributed by atoms with Crippen LogP contribution >= 0.6 is 11.3 Å². The van der Waals surface area contributed by atoms with Gasteiger partial charge in [-0.25, -0.2) is 9.36 Å². The average Bonchev–Trinajstić information content (AvgIpc) is 2.95. The van der Waals surface area contributed by atoms with Crippen LogP contribution in [0.25, 0.3) is 10.2 Å². The van der Waals surface area contributed by atoms with Crippen molar-refractivity contribution in [1.82, 2.24) is 9.13 Å². The molecule has 0 saturated heterocycles. The van der Waals surface area contributed by atoms with Gasteiger partial charge in [0.15, 0.2) is 0 Å². The molecule has 2 aromatic heterocycles. The van der Waals surface area contributed by atoms with E-state index in [4.69, 9.17) is 9.47 Å². The van der Waals surface area contributed by atoms with Crippen molar-refractivity contribution in [3.8, 4) is 0 Å².